The van der Waals surface area contributed by atoms with Crippen LogP contribution in [0.3, 0.4) is 0 Å². The molecule has 1 aromatic rings. The highest BCUT2D eigenvalue weighted by molar-refractivity contribution is 5.88. The van der Waals surface area contributed by atoms with Crippen LogP contribution in [0.1, 0.15) is 30.1 Å². The van der Waals surface area contributed by atoms with Gasteiger partial charge < -0.3 is 15.3 Å². The van der Waals surface area contributed by atoms with Crippen LogP contribution in [-0.4, -0.2) is 47.1 Å². The van der Waals surface area contributed by atoms with Gasteiger partial charge >= 0.3 is 5.97 Å². The van der Waals surface area contributed by atoms with E-state index in [2.05, 4.69) is 22.1 Å². The molecule has 6 heteroatoms. The average Bonchev–Trinajstić information content (AvgIpc) is 2.90. The van der Waals surface area contributed by atoms with Gasteiger partial charge in [0, 0.05) is 19.3 Å². The van der Waals surface area contributed by atoms with E-state index in [1.807, 2.05) is 0 Å². The van der Waals surface area contributed by atoms with Gasteiger partial charge in [0.25, 0.3) is 0 Å². The lowest BCUT2D eigenvalue weighted by atomic mass is 10.1. The second kappa shape index (κ2) is 6.65. The van der Waals surface area contributed by atoms with Crippen molar-refractivity contribution in [3.63, 3.8) is 0 Å². The molecule has 0 aliphatic carbocycles. The van der Waals surface area contributed by atoms with Crippen LogP contribution in [0, 0.1) is 11.7 Å². The first-order valence-corrected chi connectivity index (χ1v) is 6.92. The number of hydrogen-bond donors (Lipinski definition) is 2. The first-order valence-electron chi connectivity index (χ1n) is 6.92. The molecule has 2 N–H and O–H groups in total. The van der Waals surface area contributed by atoms with Gasteiger partial charge in [0.15, 0.2) is 11.6 Å². The molecule has 110 valence electrons. The van der Waals surface area contributed by atoms with E-state index >= 15 is 0 Å². The van der Waals surface area contributed by atoms with E-state index in [9.17, 15) is 9.18 Å². The zero-order valence-corrected chi connectivity index (χ0v) is 11.6. The van der Waals surface area contributed by atoms with Gasteiger partial charge in [-0.3, -0.25) is 0 Å². The van der Waals surface area contributed by atoms with E-state index < -0.39 is 11.8 Å². The highest BCUT2D eigenvalue weighted by Gasteiger charge is 2.17. The van der Waals surface area contributed by atoms with Crippen molar-refractivity contribution in [2.24, 2.45) is 5.92 Å². The van der Waals surface area contributed by atoms with E-state index in [1.54, 1.807) is 0 Å². The number of aromatic carboxylic acids is 1. The zero-order valence-electron chi connectivity index (χ0n) is 11.6. The van der Waals surface area contributed by atoms with Crippen LogP contribution in [0.15, 0.2) is 12.3 Å². The summed E-state index contributed by atoms with van der Waals surface area (Å²) in [4.78, 5) is 17.1. The van der Waals surface area contributed by atoms with Crippen LogP contribution in [0.5, 0.6) is 0 Å². The third-order valence-corrected chi connectivity index (χ3v) is 3.51. The Hall–Kier alpha value is -1.69. The van der Waals surface area contributed by atoms with Crippen LogP contribution in [-0.2, 0) is 0 Å². The Kier molecular flexibility index (Phi) is 4.89. The monoisotopic (exact) mass is 281 g/mol. The molecule has 0 spiro atoms. The number of carbonyl (C=O) groups is 1. The number of nitrogens with zero attached hydrogens (tertiary/aromatic N) is 2. The van der Waals surface area contributed by atoms with Crippen LogP contribution in [0.25, 0.3) is 0 Å². The molecule has 2 rings (SSSR count). The van der Waals surface area contributed by atoms with Crippen molar-refractivity contribution in [1.29, 1.82) is 0 Å². The molecule has 0 radical (unpaired) electrons. The van der Waals surface area contributed by atoms with Crippen molar-refractivity contribution in [2.45, 2.75) is 19.8 Å². The topological polar surface area (TPSA) is 65.5 Å². The number of carboxylic acids is 1. The zero-order chi connectivity index (χ0) is 14.5. The Morgan fingerprint density at radius 1 is 1.55 bits per heavy atom. The lowest BCUT2D eigenvalue weighted by Crippen LogP contribution is -2.29. The van der Waals surface area contributed by atoms with Crippen LogP contribution in [0.4, 0.5) is 10.2 Å². The fourth-order valence-electron chi connectivity index (χ4n) is 2.47. The maximum Gasteiger partial charge on any atom is 0.338 e. The largest absolute Gasteiger partial charge is 0.478 e. The lowest BCUT2D eigenvalue weighted by Gasteiger charge is -2.20. The minimum Gasteiger partial charge on any atom is -0.478 e. The number of anilines is 1. The van der Waals surface area contributed by atoms with Gasteiger partial charge in [-0.1, -0.05) is 6.92 Å². The first-order chi connectivity index (χ1) is 9.58. The maximum absolute atomic E-state index is 13.9. The second-order valence-corrected chi connectivity index (χ2v) is 5.32. The maximum atomic E-state index is 13.9. The standard InChI is InChI=1S/C14H20FN3O2/c1-10(9-18-6-2-3-7-18)8-17-13-12(15)11(14(19)20)4-5-16-13/h4-5,10H,2-3,6-9H2,1H3,(H,16,17)(H,19,20). The molecule has 1 atom stereocenters. The Balaban J connectivity index is 1.90. The van der Waals surface area contributed by atoms with E-state index in [0.717, 1.165) is 25.7 Å². The summed E-state index contributed by atoms with van der Waals surface area (Å²) in [6, 6.07) is 1.16. The SMILES string of the molecule is CC(CNc1nccc(C(=O)O)c1F)CN1CCCC1. The summed E-state index contributed by atoms with van der Waals surface area (Å²) >= 11 is 0. The minimum absolute atomic E-state index is 0.0122. The normalized spacial score (nSPS) is 17.1. The van der Waals surface area contributed by atoms with Crippen molar-refractivity contribution < 1.29 is 14.3 Å². The molecule has 2 heterocycles. The predicted molar refractivity (Wildman–Crippen MR) is 74.5 cm³/mol. The molecule has 1 fully saturated rings. The van der Waals surface area contributed by atoms with Gasteiger partial charge in [-0.05, 0) is 37.9 Å². The summed E-state index contributed by atoms with van der Waals surface area (Å²) in [5.41, 5.74) is -0.352. The molecule has 0 saturated carbocycles. The third kappa shape index (κ3) is 3.66. The highest BCUT2D eigenvalue weighted by atomic mass is 19.1. The Morgan fingerprint density at radius 2 is 2.25 bits per heavy atom. The second-order valence-electron chi connectivity index (χ2n) is 5.32. The molecule has 0 aromatic carbocycles. The number of rotatable bonds is 6. The molecule has 1 saturated heterocycles. The summed E-state index contributed by atoms with van der Waals surface area (Å²) in [6.45, 7) is 5.89. The third-order valence-electron chi connectivity index (χ3n) is 3.51. The molecule has 1 aliphatic heterocycles. The van der Waals surface area contributed by atoms with Crippen molar-refractivity contribution in [3.05, 3.63) is 23.6 Å². The Morgan fingerprint density at radius 3 is 2.90 bits per heavy atom. The van der Waals surface area contributed by atoms with E-state index in [0.29, 0.717) is 12.5 Å². The highest BCUT2D eigenvalue weighted by Crippen LogP contribution is 2.16. The number of pyridine rings is 1. The van der Waals surface area contributed by atoms with Crippen molar-refractivity contribution in [3.8, 4) is 0 Å². The quantitative estimate of drug-likeness (QED) is 0.835. The smallest absolute Gasteiger partial charge is 0.338 e. The van der Waals surface area contributed by atoms with Gasteiger partial charge in [0.2, 0.25) is 0 Å². The predicted octanol–water partition coefficient (Wildman–Crippen LogP) is 2.06. The van der Waals surface area contributed by atoms with E-state index in [-0.39, 0.29) is 11.4 Å². The molecule has 0 bridgehead atoms. The van der Waals surface area contributed by atoms with Crippen LogP contribution in [0.2, 0.25) is 0 Å². The van der Waals surface area contributed by atoms with E-state index in [4.69, 9.17) is 5.11 Å². The molecule has 0 amide bonds. The molecular formula is C14H20FN3O2. The fraction of sp³-hybridized carbons (Fsp3) is 0.571. The van der Waals surface area contributed by atoms with Crippen LogP contribution >= 0.6 is 0 Å². The van der Waals surface area contributed by atoms with Crippen molar-refractivity contribution in [1.82, 2.24) is 9.88 Å². The van der Waals surface area contributed by atoms with Gasteiger partial charge in [-0.25, -0.2) is 14.2 Å². The number of carboxylic acid groups (broad SMARTS) is 1. The van der Waals surface area contributed by atoms with Crippen molar-refractivity contribution >= 4 is 11.8 Å². The summed E-state index contributed by atoms with van der Waals surface area (Å²) in [7, 11) is 0. The average molecular weight is 281 g/mol. The van der Waals surface area contributed by atoms with Gasteiger partial charge in [-0.2, -0.15) is 0 Å². The molecule has 5 nitrogen and oxygen atoms in total. The van der Waals surface area contributed by atoms with E-state index in [1.165, 1.54) is 19.0 Å². The number of hydrogen-bond acceptors (Lipinski definition) is 4. The molecular weight excluding hydrogens is 261 g/mol. The lowest BCUT2D eigenvalue weighted by molar-refractivity contribution is 0.0692. The summed E-state index contributed by atoms with van der Waals surface area (Å²) in [5.74, 6) is -1.72. The molecule has 1 unspecified atom stereocenters. The first kappa shape index (κ1) is 14.7. The summed E-state index contributed by atoms with van der Waals surface area (Å²) in [6.07, 6.45) is 3.80. The number of nitrogens with one attached hydrogen (secondary N) is 1. The molecule has 1 aromatic heterocycles. The number of likely N-dealkylation sites (tertiary alicyclic amines) is 1. The number of aromatic nitrogens is 1. The fourth-order valence-corrected chi connectivity index (χ4v) is 2.47. The molecule has 1 aliphatic rings. The Bertz CT molecular complexity index is 475. The summed E-state index contributed by atoms with van der Waals surface area (Å²) < 4.78 is 13.9. The van der Waals surface area contributed by atoms with Gasteiger partial charge in [0.05, 0.1) is 0 Å². The van der Waals surface area contributed by atoms with Crippen molar-refractivity contribution in [2.75, 3.05) is 31.5 Å². The number of halogens is 1. The molecule has 20 heavy (non-hydrogen) atoms. The van der Waals surface area contributed by atoms with Crippen LogP contribution < -0.4 is 5.32 Å². The van der Waals surface area contributed by atoms with Gasteiger partial charge in [-0.15, -0.1) is 0 Å². The Labute approximate surface area is 117 Å². The van der Waals surface area contributed by atoms with Gasteiger partial charge in [0.1, 0.15) is 5.56 Å². The summed E-state index contributed by atoms with van der Waals surface area (Å²) in [5, 5.41) is 11.8. The minimum atomic E-state index is -1.28.